The Balaban J connectivity index is 4.24. The van der Waals surface area contributed by atoms with Gasteiger partial charge in [0, 0.05) is 12.1 Å². The number of hydrogen-bond donors (Lipinski definition) is 3. The first-order valence-electron chi connectivity index (χ1n) is 5.96. The fraction of sp³-hybridized carbons (Fsp3) is 0.833. The van der Waals surface area contributed by atoms with Gasteiger partial charge in [-0.2, -0.15) is 0 Å². The van der Waals surface area contributed by atoms with Crippen molar-refractivity contribution in [3.05, 3.63) is 0 Å². The van der Waals surface area contributed by atoms with Crippen LogP contribution < -0.4 is 16.4 Å². The van der Waals surface area contributed by atoms with E-state index in [1.807, 2.05) is 6.92 Å². The third-order valence-electron chi connectivity index (χ3n) is 3.16. The van der Waals surface area contributed by atoms with Gasteiger partial charge < -0.3 is 16.4 Å². The predicted molar refractivity (Wildman–Crippen MR) is 68.4 cm³/mol. The number of nitrogens with one attached hydrogen (secondary N) is 2. The lowest BCUT2D eigenvalue weighted by molar-refractivity contribution is -0.134. The minimum Gasteiger partial charge on any atom is -0.355 e. The van der Waals surface area contributed by atoms with Gasteiger partial charge in [0.05, 0.1) is 12.0 Å². The van der Waals surface area contributed by atoms with Gasteiger partial charge in [0.1, 0.15) is 0 Å². The van der Waals surface area contributed by atoms with Crippen LogP contribution in [0.2, 0.25) is 0 Å². The summed E-state index contributed by atoms with van der Waals surface area (Å²) in [6.45, 7) is 9.73. The van der Waals surface area contributed by atoms with Crippen LogP contribution in [-0.4, -0.2) is 30.4 Å². The number of rotatable bonds is 6. The Kier molecular flexibility index (Phi) is 5.61. The Morgan fingerprint density at radius 2 is 1.65 bits per heavy atom. The smallest absolute Gasteiger partial charge is 0.239 e. The number of carbonyl (C=O) groups is 2. The molecule has 0 saturated carbocycles. The van der Waals surface area contributed by atoms with Crippen molar-refractivity contribution >= 4 is 11.8 Å². The lowest BCUT2D eigenvalue weighted by Gasteiger charge is -2.36. The van der Waals surface area contributed by atoms with E-state index in [1.165, 1.54) is 0 Å². The molecule has 2 amide bonds. The van der Waals surface area contributed by atoms with E-state index in [-0.39, 0.29) is 18.4 Å². The minimum atomic E-state index is -0.724. The zero-order valence-electron chi connectivity index (χ0n) is 11.5. The molecule has 0 aromatic carbocycles. The van der Waals surface area contributed by atoms with Crippen LogP contribution in [0.25, 0.3) is 0 Å². The van der Waals surface area contributed by atoms with Gasteiger partial charge in [-0.3, -0.25) is 9.59 Å². The van der Waals surface area contributed by atoms with Crippen LogP contribution in [0.3, 0.4) is 0 Å². The summed E-state index contributed by atoms with van der Waals surface area (Å²) < 4.78 is 0. The van der Waals surface area contributed by atoms with E-state index in [0.717, 1.165) is 6.42 Å². The summed E-state index contributed by atoms with van der Waals surface area (Å²) >= 11 is 0. The normalized spacial score (nSPS) is 12.1. The molecule has 0 spiro atoms. The molecule has 0 rings (SSSR count). The van der Waals surface area contributed by atoms with Gasteiger partial charge in [-0.15, -0.1) is 0 Å². The number of nitrogens with two attached hydrogens (primary N) is 1. The Hall–Kier alpha value is -1.10. The van der Waals surface area contributed by atoms with Crippen LogP contribution in [0.5, 0.6) is 0 Å². The SMILES string of the molecule is CCCNC(=O)CNC(=O)C(C)(C)C(C)(C)N. The average molecular weight is 243 g/mol. The van der Waals surface area contributed by atoms with E-state index in [1.54, 1.807) is 27.7 Å². The summed E-state index contributed by atoms with van der Waals surface area (Å²) in [4.78, 5) is 23.2. The molecule has 0 heterocycles. The molecule has 0 aromatic heterocycles. The summed E-state index contributed by atoms with van der Waals surface area (Å²) in [5.41, 5.74) is 4.57. The maximum absolute atomic E-state index is 11.9. The van der Waals surface area contributed by atoms with Gasteiger partial charge in [-0.05, 0) is 34.1 Å². The van der Waals surface area contributed by atoms with E-state index < -0.39 is 11.0 Å². The molecule has 100 valence electrons. The first-order valence-corrected chi connectivity index (χ1v) is 5.96. The number of hydrogen-bond acceptors (Lipinski definition) is 3. The molecule has 0 aliphatic heterocycles. The lowest BCUT2D eigenvalue weighted by Crippen LogP contribution is -2.56. The molecule has 0 fully saturated rings. The highest BCUT2D eigenvalue weighted by Crippen LogP contribution is 2.28. The molecule has 0 radical (unpaired) electrons. The molecular formula is C12H25N3O2. The highest BCUT2D eigenvalue weighted by Gasteiger charge is 2.40. The maximum Gasteiger partial charge on any atom is 0.239 e. The van der Waals surface area contributed by atoms with Gasteiger partial charge in [0.25, 0.3) is 0 Å². The first kappa shape index (κ1) is 15.9. The molecule has 0 aliphatic rings. The average Bonchev–Trinajstić information content (AvgIpc) is 2.21. The lowest BCUT2D eigenvalue weighted by atomic mass is 9.74. The molecule has 5 nitrogen and oxygen atoms in total. The minimum absolute atomic E-state index is 0.00164. The van der Waals surface area contributed by atoms with Crippen LogP contribution in [0.15, 0.2) is 0 Å². The van der Waals surface area contributed by atoms with E-state index in [2.05, 4.69) is 10.6 Å². The van der Waals surface area contributed by atoms with E-state index in [9.17, 15) is 9.59 Å². The van der Waals surface area contributed by atoms with Crippen LogP contribution in [0.1, 0.15) is 41.0 Å². The summed E-state index contributed by atoms with van der Waals surface area (Å²) in [7, 11) is 0. The van der Waals surface area contributed by atoms with Gasteiger partial charge in [-0.1, -0.05) is 6.92 Å². The molecule has 0 atom stereocenters. The second-order valence-electron chi connectivity index (χ2n) is 5.38. The summed E-state index contributed by atoms with van der Waals surface area (Å²) in [6.07, 6.45) is 0.876. The monoisotopic (exact) mass is 243 g/mol. The van der Waals surface area contributed by atoms with Crippen molar-refractivity contribution < 1.29 is 9.59 Å². The van der Waals surface area contributed by atoms with E-state index in [0.29, 0.717) is 6.54 Å². The standard InChI is InChI=1S/C12H25N3O2/c1-6-7-14-9(16)8-15-10(17)11(2,3)12(4,5)13/h6-8,13H2,1-5H3,(H,14,16)(H,15,17). The van der Waals surface area contributed by atoms with Crippen LogP contribution in [0.4, 0.5) is 0 Å². The zero-order chi connectivity index (χ0) is 13.7. The van der Waals surface area contributed by atoms with Crippen molar-refractivity contribution in [2.45, 2.75) is 46.6 Å². The molecular weight excluding hydrogens is 218 g/mol. The molecule has 0 saturated heterocycles. The zero-order valence-corrected chi connectivity index (χ0v) is 11.5. The molecule has 17 heavy (non-hydrogen) atoms. The van der Waals surface area contributed by atoms with Gasteiger partial charge in [-0.25, -0.2) is 0 Å². The van der Waals surface area contributed by atoms with Crippen molar-refractivity contribution in [3.8, 4) is 0 Å². The topological polar surface area (TPSA) is 84.2 Å². The molecule has 4 N–H and O–H groups in total. The molecule has 0 bridgehead atoms. The highest BCUT2D eigenvalue weighted by molar-refractivity contribution is 5.88. The quantitative estimate of drug-likeness (QED) is 0.631. The predicted octanol–water partition coefficient (Wildman–Crippen LogP) is 0.392. The third-order valence-corrected chi connectivity index (χ3v) is 3.16. The fourth-order valence-corrected chi connectivity index (χ4v) is 1.00. The van der Waals surface area contributed by atoms with Crippen molar-refractivity contribution in [1.82, 2.24) is 10.6 Å². The second kappa shape index (κ2) is 6.00. The van der Waals surface area contributed by atoms with Crippen LogP contribution in [-0.2, 0) is 9.59 Å². The fourth-order valence-electron chi connectivity index (χ4n) is 1.00. The Morgan fingerprint density at radius 3 is 2.06 bits per heavy atom. The maximum atomic E-state index is 11.9. The van der Waals surface area contributed by atoms with Crippen LogP contribution in [0, 0.1) is 5.41 Å². The largest absolute Gasteiger partial charge is 0.355 e. The number of amides is 2. The highest BCUT2D eigenvalue weighted by atomic mass is 16.2. The van der Waals surface area contributed by atoms with Gasteiger partial charge in [0.15, 0.2) is 0 Å². The molecule has 0 aromatic rings. The van der Waals surface area contributed by atoms with Gasteiger partial charge in [0.2, 0.25) is 11.8 Å². The summed E-state index contributed by atoms with van der Waals surface area (Å²) in [5, 5.41) is 5.30. The molecule has 5 heteroatoms. The van der Waals surface area contributed by atoms with Crippen LogP contribution >= 0.6 is 0 Å². The third kappa shape index (κ3) is 4.73. The summed E-state index contributed by atoms with van der Waals surface area (Å²) in [5.74, 6) is -0.387. The summed E-state index contributed by atoms with van der Waals surface area (Å²) in [6, 6.07) is 0. The van der Waals surface area contributed by atoms with Crippen molar-refractivity contribution in [1.29, 1.82) is 0 Å². The van der Waals surface area contributed by atoms with Gasteiger partial charge >= 0.3 is 0 Å². The second-order valence-corrected chi connectivity index (χ2v) is 5.38. The van der Waals surface area contributed by atoms with Crippen molar-refractivity contribution in [3.63, 3.8) is 0 Å². The van der Waals surface area contributed by atoms with E-state index >= 15 is 0 Å². The Labute approximate surface area is 104 Å². The van der Waals surface area contributed by atoms with E-state index in [4.69, 9.17) is 5.73 Å². The van der Waals surface area contributed by atoms with Crippen molar-refractivity contribution in [2.75, 3.05) is 13.1 Å². The number of carbonyl (C=O) groups excluding carboxylic acids is 2. The first-order chi connectivity index (χ1) is 7.63. The Morgan fingerprint density at radius 1 is 1.12 bits per heavy atom. The van der Waals surface area contributed by atoms with Crippen molar-refractivity contribution in [2.24, 2.45) is 11.1 Å². The Bertz CT molecular complexity index is 280. The molecule has 0 aliphatic carbocycles. The molecule has 0 unspecified atom stereocenters.